The molecule has 2 rings (SSSR count). The third-order valence-electron chi connectivity index (χ3n) is 2.59. The standard InChI is InChI=1S/C12H8N2O6/c1-7(15)20-12-9-5-3-2-4-8(9)10(13(16)17)6-11(12)14(18)19/h2-6H,1H3. The van der Waals surface area contributed by atoms with Gasteiger partial charge in [-0.3, -0.25) is 25.0 Å². The number of nitro benzene ring substituents is 2. The zero-order chi connectivity index (χ0) is 14.9. The molecular weight excluding hydrogens is 268 g/mol. The van der Waals surface area contributed by atoms with E-state index in [-0.39, 0.29) is 16.5 Å². The fourth-order valence-corrected chi connectivity index (χ4v) is 1.85. The van der Waals surface area contributed by atoms with Gasteiger partial charge in [-0.2, -0.15) is 0 Å². The summed E-state index contributed by atoms with van der Waals surface area (Å²) in [5.41, 5.74) is -1.03. The van der Waals surface area contributed by atoms with E-state index < -0.39 is 27.2 Å². The number of carbonyl (C=O) groups excluding carboxylic acids is 1. The summed E-state index contributed by atoms with van der Waals surface area (Å²) in [6.45, 7) is 1.10. The highest BCUT2D eigenvalue weighted by atomic mass is 16.6. The number of benzene rings is 2. The molecule has 0 heterocycles. The molecule has 0 spiro atoms. The van der Waals surface area contributed by atoms with Crippen molar-refractivity contribution < 1.29 is 19.4 Å². The van der Waals surface area contributed by atoms with Crippen molar-refractivity contribution in [1.29, 1.82) is 0 Å². The van der Waals surface area contributed by atoms with Crippen LogP contribution in [0.4, 0.5) is 11.4 Å². The van der Waals surface area contributed by atoms with Crippen molar-refractivity contribution in [3.63, 3.8) is 0 Å². The van der Waals surface area contributed by atoms with Crippen molar-refractivity contribution in [2.45, 2.75) is 6.92 Å². The quantitative estimate of drug-likeness (QED) is 0.368. The van der Waals surface area contributed by atoms with E-state index >= 15 is 0 Å². The molecule has 0 aliphatic heterocycles. The van der Waals surface area contributed by atoms with E-state index in [0.717, 1.165) is 13.0 Å². The number of ether oxygens (including phenoxy) is 1. The number of hydrogen-bond donors (Lipinski definition) is 0. The molecule has 20 heavy (non-hydrogen) atoms. The highest BCUT2D eigenvalue weighted by Crippen LogP contribution is 2.40. The molecule has 8 nitrogen and oxygen atoms in total. The molecule has 0 amide bonds. The molecule has 0 saturated heterocycles. The average molecular weight is 276 g/mol. The lowest BCUT2D eigenvalue weighted by Gasteiger charge is -2.07. The number of esters is 1. The molecule has 0 fully saturated rings. The predicted molar refractivity (Wildman–Crippen MR) is 68.6 cm³/mol. The maximum atomic E-state index is 11.1. The van der Waals surface area contributed by atoms with Crippen LogP contribution in [0.15, 0.2) is 30.3 Å². The maximum absolute atomic E-state index is 11.1. The molecular formula is C12H8N2O6. The molecule has 0 saturated carbocycles. The highest BCUT2D eigenvalue weighted by Gasteiger charge is 2.27. The van der Waals surface area contributed by atoms with E-state index in [1.165, 1.54) is 12.1 Å². The molecule has 0 N–H and O–H groups in total. The van der Waals surface area contributed by atoms with Gasteiger partial charge in [-0.25, -0.2) is 0 Å². The first kappa shape index (κ1) is 13.4. The smallest absolute Gasteiger partial charge is 0.319 e. The van der Waals surface area contributed by atoms with Crippen LogP contribution < -0.4 is 4.74 Å². The van der Waals surface area contributed by atoms with E-state index in [0.29, 0.717) is 0 Å². The first-order valence-corrected chi connectivity index (χ1v) is 5.44. The summed E-state index contributed by atoms with van der Waals surface area (Å²) in [4.78, 5) is 31.5. The van der Waals surface area contributed by atoms with Crippen LogP contribution in [0.1, 0.15) is 6.92 Å². The number of carbonyl (C=O) groups is 1. The van der Waals surface area contributed by atoms with Gasteiger partial charge in [-0.05, 0) is 6.07 Å². The van der Waals surface area contributed by atoms with E-state index in [1.54, 1.807) is 12.1 Å². The molecule has 2 aromatic rings. The van der Waals surface area contributed by atoms with Gasteiger partial charge in [0.1, 0.15) is 0 Å². The lowest BCUT2D eigenvalue weighted by molar-refractivity contribution is -0.393. The van der Waals surface area contributed by atoms with Crippen LogP contribution in [0.5, 0.6) is 5.75 Å². The Balaban J connectivity index is 2.90. The third-order valence-corrected chi connectivity index (χ3v) is 2.59. The summed E-state index contributed by atoms with van der Waals surface area (Å²) < 4.78 is 4.85. The fourth-order valence-electron chi connectivity index (χ4n) is 1.85. The van der Waals surface area contributed by atoms with Crippen LogP contribution in [0.2, 0.25) is 0 Å². The third kappa shape index (κ3) is 2.26. The Morgan fingerprint density at radius 2 is 1.60 bits per heavy atom. The van der Waals surface area contributed by atoms with E-state index in [4.69, 9.17) is 4.74 Å². The van der Waals surface area contributed by atoms with Gasteiger partial charge >= 0.3 is 11.7 Å². The Morgan fingerprint density at radius 1 is 1.05 bits per heavy atom. The average Bonchev–Trinajstić information content (AvgIpc) is 2.37. The van der Waals surface area contributed by atoms with Gasteiger partial charge in [0, 0.05) is 12.3 Å². The first-order chi connectivity index (χ1) is 9.41. The van der Waals surface area contributed by atoms with Crippen molar-refractivity contribution in [3.05, 3.63) is 50.6 Å². The van der Waals surface area contributed by atoms with Crippen LogP contribution in [0.3, 0.4) is 0 Å². The monoisotopic (exact) mass is 276 g/mol. The first-order valence-electron chi connectivity index (χ1n) is 5.44. The zero-order valence-electron chi connectivity index (χ0n) is 10.2. The molecule has 0 aliphatic carbocycles. The molecule has 2 aromatic carbocycles. The minimum Gasteiger partial charge on any atom is -0.419 e. The number of nitro groups is 2. The van der Waals surface area contributed by atoms with Gasteiger partial charge in [-0.15, -0.1) is 0 Å². The van der Waals surface area contributed by atoms with Crippen molar-refractivity contribution in [2.75, 3.05) is 0 Å². The number of rotatable bonds is 3. The van der Waals surface area contributed by atoms with Crippen LogP contribution in [-0.4, -0.2) is 15.8 Å². The second kappa shape index (κ2) is 4.92. The van der Waals surface area contributed by atoms with Gasteiger partial charge < -0.3 is 4.74 Å². The summed E-state index contributed by atoms with van der Waals surface area (Å²) in [7, 11) is 0. The molecule has 0 unspecified atom stereocenters. The predicted octanol–water partition coefficient (Wildman–Crippen LogP) is 2.58. The van der Waals surface area contributed by atoms with Crippen molar-refractivity contribution >= 4 is 28.1 Å². The van der Waals surface area contributed by atoms with Crippen LogP contribution in [0.25, 0.3) is 10.8 Å². The summed E-state index contributed by atoms with van der Waals surface area (Å²) in [5, 5.41) is 22.3. The van der Waals surface area contributed by atoms with Gasteiger partial charge in [0.25, 0.3) is 5.69 Å². The molecule has 0 atom stereocenters. The topological polar surface area (TPSA) is 113 Å². The van der Waals surface area contributed by atoms with Crippen LogP contribution >= 0.6 is 0 Å². The number of non-ortho nitro benzene ring substituents is 1. The van der Waals surface area contributed by atoms with Gasteiger partial charge in [0.15, 0.2) is 0 Å². The summed E-state index contributed by atoms with van der Waals surface area (Å²) >= 11 is 0. The maximum Gasteiger partial charge on any atom is 0.319 e. The van der Waals surface area contributed by atoms with Crippen molar-refractivity contribution in [1.82, 2.24) is 0 Å². The molecule has 102 valence electrons. The Bertz CT molecular complexity index is 740. The number of fused-ring (bicyclic) bond motifs is 1. The Labute approximate surface area is 111 Å². The molecule has 0 bridgehead atoms. The van der Waals surface area contributed by atoms with E-state index in [2.05, 4.69) is 0 Å². The largest absolute Gasteiger partial charge is 0.419 e. The lowest BCUT2D eigenvalue weighted by Crippen LogP contribution is -2.05. The van der Waals surface area contributed by atoms with Gasteiger partial charge in [0.2, 0.25) is 5.75 Å². The summed E-state index contributed by atoms with van der Waals surface area (Å²) in [5.74, 6) is -1.03. The summed E-state index contributed by atoms with van der Waals surface area (Å²) in [6.07, 6.45) is 0. The minimum absolute atomic E-state index is 0.142. The molecule has 0 aliphatic rings. The Kier molecular flexibility index (Phi) is 3.30. The fraction of sp³-hybridized carbons (Fsp3) is 0.0833. The molecule has 0 radical (unpaired) electrons. The van der Waals surface area contributed by atoms with E-state index in [9.17, 15) is 25.0 Å². The SMILES string of the molecule is CC(=O)Oc1c([N+](=O)[O-])cc([N+](=O)[O-])c2ccccc12. The number of nitrogens with zero attached hydrogens (tertiary/aromatic N) is 2. The second-order valence-electron chi connectivity index (χ2n) is 3.90. The molecule has 0 aromatic heterocycles. The normalized spacial score (nSPS) is 10.2. The van der Waals surface area contributed by atoms with Gasteiger partial charge in [0.05, 0.1) is 21.3 Å². The van der Waals surface area contributed by atoms with E-state index in [1.807, 2.05) is 0 Å². The Hall–Kier alpha value is -3.03. The zero-order valence-corrected chi connectivity index (χ0v) is 10.2. The second-order valence-corrected chi connectivity index (χ2v) is 3.90. The number of hydrogen-bond acceptors (Lipinski definition) is 6. The van der Waals surface area contributed by atoms with Crippen LogP contribution in [-0.2, 0) is 4.79 Å². The van der Waals surface area contributed by atoms with Crippen LogP contribution in [0, 0.1) is 20.2 Å². The van der Waals surface area contributed by atoms with Crippen molar-refractivity contribution in [3.8, 4) is 5.75 Å². The van der Waals surface area contributed by atoms with Crippen molar-refractivity contribution in [2.24, 2.45) is 0 Å². The Morgan fingerprint density at radius 3 is 2.10 bits per heavy atom. The highest BCUT2D eigenvalue weighted by molar-refractivity contribution is 5.99. The summed E-state index contributed by atoms with van der Waals surface area (Å²) in [6, 6.07) is 6.75. The lowest BCUT2D eigenvalue weighted by atomic mass is 10.1. The minimum atomic E-state index is -0.822. The van der Waals surface area contributed by atoms with Gasteiger partial charge in [-0.1, -0.05) is 18.2 Å². The molecule has 8 heteroatoms.